The minimum absolute atomic E-state index is 0.103. The normalized spacial score (nSPS) is 26.1. The van der Waals surface area contributed by atoms with Gasteiger partial charge >= 0.3 is 5.97 Å². The van der Waals surface area contributed by atoms with Gasteiger partial charge in [0.25, 0.3) is 0 Å². The van der Waals surface area contributed by atoms with E-state index in [0.717, 1.165) is 12.8 Å². The first kappa shape index (κ1) is 13.5. The molecule has 16 heavy (non-hydrogen) atoms. The van der Waals surface area contributed by atoms with E-state index >= 15 is 0 Å². The Bertz CT molecular complexity index is 250. The van der Waals surface area contributed by atoms with Crippen LogP contribution in [-0.2, 0) is 14.3 Å². The molecule has 0 saturated carbocycles. The summed E-state index contributed by atoms with van der Waals surface area (Å²) in [6, 6.07) is 0. The highest BCUT2D eigenvalue weighted by molar-refractivity contribution is 5.76. The van der Waals surface area contributed by atoms with E-state index in [1.807, 2.05) is 20.8 Å². The molecule has 0 aromatic carbocycles. The Kier molecular flexibility index (Phi) is 4.00. The number of carbonyl (C=O) groups is 1. The van der Waals surface area contributed by atoms with Crippen LogP contribution in [0.25, 0.3) is 0 Å². The van der Waals surface area contributed by atoms with Crippen molar-refractivity contribution in [1.29, 1.82) is 0 Å². The van der Waals surface area contributed by atoms with E-state index in [4.69, 9.17) is 9.47 Å². The second-order valence-corrected chi connectivity index (χ2v) is 5.65. The minimum atomic E-state index is -0.399. The van der Waals surface area contributed by atoms with Crippen molar-refractivity contribution in [2.75, 3.05) is 13.2 Å². The molecule has 94 valence electrons. The quantitative estimate of drug-likeness (QED) is 0.694. The highest BCUT2D eigenvalue weighted by atomic mass is 16.6. The molecule has 1 heterocycles. The van der Waals surface area contributed by atoms with Gasteiger partial charge in [0.05, 0.1) is 18.6 Å². The fraction of sp³-hybridized carbons (Fsp3) is 0.923. The first-order valence-electron chi connectivity index (χ1n) is 6.15. The number of carbonyl (C=O) groups excluding carboxylic acids is 1. The molecule has 0 aromatic heterocycles. The average molecular weight is 228 g/mol. The summed E-state index contributed by atoms with van der Waals surface area (Å²) in [6.07, 6.45) is 1.61. The zero-order valence-corrected chi connectivity index (χ0v) is 11.1. The molecule has 1 aliphatic rings. The molecule has 3 heteroatoms. The third kappa shape index (κ3) is 2.57. The Morgan fingerprint density at radius 2 is 2.12 bits per heavy atom. The summed E-state index contributed by atoms with van der Waals surface area (Å²) in [5, 5.41) is 0. The second-order valence-electron chi connectivity index (χ2n) is 5.65. The van der Waals surface area contributed by atoms with Crippen LogP contribution < -0.4 is 0 Å². The standard InChI is InChI=1S/C13H24O3/c1-6-12(4,5)11(14)16-13(10(2)3)7-8-15-9-13/h10H,6-9H2,1-5H3. The van der Waals surface area contributed by atoms with Crippen molar-refractivity contribution < 1.29 is 14.3 Å². The number of ether oxygens (including phenoxy) is 2. The Hall–Kier alpha value is -0.570. The fourth-order valence-electron chi connectivity index (χ4n) is 1.68. The smallest absolute Gasteiger partial charge is 0.312 e. The highest BCUT2D eigenvalue weighted by Gasteiger charge is 2.44. The number of hydrogen-bond acceptors (Lipinski definition) is 3. The van der Waals surface area contributed by atoms with E-state index in [9.17, 15) is 4.79 Å². The summed E-state index contributed by atoms with van der Waals surface area (Å²) < 4.78 is 11.1. The van der Waals surface area contributed by atoms with Gasteiger partial charge in [0.15, 0.2) is 0 Å². The summed E-state index contributed by atoms with van der Waals surface area (Å²) in [5.74, 6) is 0.195. The lowest BCUT2D eigenvalue weighted by Crippen LogP contribution is -2.44. The molecule has 0 amide bonds. The molecule has 1 saturated heterocycles. The predicted molar refractivity (Wildman–Crippen MR) is 63.2 cm³/mol. The highest BCUT2D eigenvalue weighted by Crippen LogP contribution is 2.34. The molecular formula is C13H24O3. The first-order chi connectivity index (χ1) is 7.34. The molecule has 1 fully saturated rings. The van der Waals surface area contributed by atoms with Crippen LogP contribution in [0.1, 0.15) is 47.5 Å². The van der Waals surface area contributed by atoms with Crippen molar-refractivity contribution in [3.05, 3.63) is 0 Å². The lowest BCUT2D eigenvalue weighted by molar-refractivity contribution is -0.176. The Morgan fingerprint density at radius 3 is 2.50 bits per heavy atom. The van der Waals surface area contributed by atoms with Crippen molar-refractivity contribution in [2.45, 2.75) is 53.1 Å². The van der Waals surface area contributed by atoms with Crippen molar-refractivity contribution in [2.24, 2.45) is 11.3 Å². The summed E-state index contributed by atoms with van der Waals surface area (Å²) in [7, 11) is 0. The molecule has 0 aromatic rings. The van der Waals surface area contributed by atoms with Crippen LogP contribution in [0.15, 0.2) is 0 Å². The van der Waals surface area contributed by atoms with Gasteiger partial charge in [-0.25, -0.2) is 0 Å². The lowest BCUT2D eigenvalue weighted by atomic mass is 9.87. The van der Waals surface area contributed by atoms with Crippen LogP contribution >= 0.6 is 0 Å². The molecule has 0 spiro atoms. The molecule has 0 aliphatic carbocycles. The van der Waals surface area contributed by atoms with Gasteiger partial charge in [-0.3, -0.25) is 4.79 Å². The van der Waals surface area contributed by atoms with Gasteiger partial charge in [0, 0.05) is 6.42 Å². The van der Waals surface area contributed by atoms with Crippen molar-refractivity contribution >= 4 is 5.97 Å². The summed E-state index contributed by atoms with van der Waals surface area (Å²) in [6.45, 7) is 11.3. The second kappa shape index (κ2) is 4.74. The molecule has 1 atom stereocenters. The van der Waals surface area contributed by atoms with Crippen LogP contribution in [0.5, 0.6) is 0 Å². The zero-order valence-electron chi connectivity index (χ0n) is 11.1. The van der Waals surface area contributed by atoms with Gasteiger partial charge in [0.2, 0.25) is 0 Å². The van der Waals surface area contributed by atoms with Crippen molar-refractivity contribution in [3.8, 4) is 0 Å². The summed E-state index contributed by atoms with van der Waals surface area (Å²) in [4.78, 5) is 12.1. The average Bonchev–Trinajstić information content (AvgIpc) is 2.67. The van der Waals surface area contributed by atoms with Crippen LogP contribution in [0, 0.1) is 11.3 Å². The molecule has 0 bridgehead atoms. The third-order valence-corrected chi connectivity index (χ3v) is 3.80. The first-order valence-corrected chi connectivity index (χ1v) is 6.15. The number of hydrogen-bond donors (Lipinski definition) is 0. The van der Waals surface area contributed by atoms with Gasteiger partial charge in [0.1, 0.15) is 5.60 Å². The van der Waals surface area contributed by atoms with Crippen LogP contribution in [0.4, 0.5) is 0 Å². The Morgan fingerprint density at radius 1 is 1.50 bits per heavy atom. The molecule has 1 rings (SSSR count). The maximum Gasteiger partial charge on any atom is 0.312 e. The molecule has 0 N–H and O–H groups in total. The van der Waals surface area contributed by atoms with Crippen LogP contribution in [0.2, 0.25) is 0 Å². The molecule has 3 nitrogen and oxygen atoms in total. The number of esters is 1. The monoisotopic (exact) mass is 228 g/mol. The predicted octanol–water partition coefficient (Wildman–Crippen LogP) is 2.78. The molecular weight excluding hydrogens is 204 g/mol. The van der Waals surface area contributed by atoms with Crippen LogP contribution in [-0.4, -0.2) is 24.8 Å². The number of rotatable bonds is 4. The largest absolute Gasteiger partial charge is 0.456 e. The van der Waals surface area contributed by atoms with Crippen molar-refractivity contribution in [1.82, 2.24) is 0 Å². The molecule has 0 radical (unpaired) electrons. The summed E-state index contributed by atoms with van der Waals surface area (Å²) in [5.41, 5.74) is -0.798. The van der Waals surface area contributed by atoms with E-state index in [1.165, 1.54) is 0 Å². The fourth-order valence-corrected chi connectivity index (χ4v) is 1.68. The maximum absolute atomic E-state index is 12.1. The zero-order chi connectivity index (χ0) is 12.4. The van der Waals surface area contributed by atoms with Crippen molar-refractivity contribution in [3.63, 3.8) is 0 Å². The SMILES string of the molecule is CCC(C)(C)C(=O)OC1(C(C)C)CCOC1. The molecule has 1 aliphatic heterocycles. The van der Waals surface area contributed by atoms with Gasteiger partial charge < -0.3 is 9.47 Å². The van der Waals surface area contributed by atoms with Crippen LogP contribution in [0.3, 0.4) is 0 Å². The Labute approximate surface area is 98.5 Å². The minimum Gasteiger partial charge on any atom is -0.456 e. The van der Waals surface area contributed by atoms with E-state index < -0.39 is 11.0 Å². The van der Waals surface area contributed by atoms with Gasteiger partial charge in [-0.05, 0) is 26.2 Å². The van der Waals surface area contributed by atoms with E-state index in [1.54, 1.807) is 0 Å². The van der Waals surface area contributed by atoms with Gasteiger partial charge in [-0.15, -0.1) is 0 Å². The summed E-state index contributed by atoms with van der Waals surface area (Å²) >= 11 is 0. The van der Waals surface area contributed by atoms with E-state index in [0.29, 0.717) is 19.1 Å². The van der Waals surface area contributed by atoms with Gasteiger partial charge in [-0.2, -0.15) is 0 Å². The van der Waals surface area contributed by atoms with E-state index in [-0.39, 0.29) is 5.97 Å². The van der Waals surface area contributed by atoms with Gasteiger partial charge in [-0.1, -0.05) is 20.8 Å². The maximum atomic E-state index is 12.1. The molecule has 1 unspecified atom stereocenters. The Balaban J connectivity index is 2.74. The van der Waals surface area contributed by atoms with E-state index in [2.05, 4.69) is 13.8 Å². The third-order valence-electron chi connectivity index (χ3n) is 3.80. The topological polar surface area (TPSA) is 35.5 Å². The lowest BCUT2D eigenvalue weighted by Gasteiger charge is -2.35.